The number of fused-ring (bicyclic) bond motifs is 3. The number of aryl methyl sites for hydroxylation is 1. The van der Waals surface area contributed by atoms with E-state index in [9.17, 15) is 8.42 Å². The van der Waals surface area contributed by atoms with E-state index in [2.05, 4.69) is 59.9 Å². The van der Waals surface area contributed by atoms with Crippen molar-refractivity contribution in [1.29, 1.82) is 0 Å². The summed E-state index contributed by atoms with van der Waals surface area (Å²) in [5, 5.41) is 8.34. The Morgan fingerprint density at radius 3 is 2.50 bits per heavy atom. The molecule has 6 heteroatoms. The molecule has 0 radical (unpaired) electrons. The summed E-state index contributed by atoms with van der Waals surface area (Å²) in [5.41, 5.74) is 1.34. The van der Waals surface area contributed by atoms with Crippen LogP contribution < -0.4 is 5.32 Å². The van der Waals surface area contributed by atoms with Crippen LogP contribution in [0.1, 0.15) is 18.4 Å². The third-order valence-electron chi connectivity index (χ3n) is 4.39. The van der Waals surface area contributed by atoms with Gasteiger partial charge in [0.05, 0.1) is 0 Å². The van der Waals surface area contributed by atoms with Crippen molar-refractivity contribution < 1.29 is 13.0 Å². The van der Waals surface area contributed by atoms with Crippen LogP contribution >= 0.6 is 10.8 Å². The quantitative estimate of drug-likeness (QED) is 0.245. The first kappa shape index (κ1) is 19.2. The molecule has 0 spiro atoms. The highest BCUT2D eigenvalue weighted by molar-refractivity contribution is 8.69. The third-order valence-corrected chi connectivity index (χ3v) is 6.45. The average Bonchev–Trinajstić information content (AvgIpc) is 2.62. The van der Waals surface area contributed by atoms with E-state index in [1.807, 2.05) is 0 Å². The van der Waals surface area contributed by atoms with Gasteiger partial charge in [-0.25, -0.2) is 0 Å². The zero-order chi connectivity index (χ0) is 18.4. The van der Waals surface area contributed by atoms with Gasteiger partial charge in [-0.05, 0) is 63.7 Å². The molecule has 3 aromatic carbocycles. The summed E-state index contributed by atoms with van der Waals surface area (Å²) in [5.74, 6) is 0.359. The summed E-state index contributed by atoms with van der Waals surface area (Å²) < 4.78 is 29.8. The Labute approximate surface area is 158 Å². The maximum Gasteiger partial charge on any atom is 0.319 e. The van der Waals surface area contributed by atoms with Crippen LogP contribution in [-0.2, 0) is 15.6 Å². The largest absolute Gasteiger partial charge is 0.319 e. The molecule has 4 nitrogen and oxygen atoms in total. The van der Waals surface area contributed by atoms with Crippen LogP contribution in [-0.4, -0.2) is 31.8 Å². The summed E-state index contributed by atoms with van der Waals surface area (Å²) in [4.78, 5) is 0. The lowest BCUT2D eigenvalue weighted by Gasteiger charge is -2.07. The maximum atomic E-state index is 10.6. The molecule has 3 aromatic rings. The highest BCUT2D eigenvalue weighted by Crippen LogP contribution is 2.26. The SMILES string of the molecule is O=S(=O)(O)SCCNCCCCc1ccc2c(ccc3ccccc32)c1. The molecule has 0 aliphatic rings. The second-order valence-electron chi connectivity index (χ2n) is 6.30. The van der Waals surface area contributed by atoms with Crippen LogP contribution in [0.3, 0.4) is 0 Å². The second-order valence-corrected chi connectivity index (χ2v) is 9.77. The van der Waals surface area contributed by atoms with Crippen molar-refractivity contribution >= 4 is 41.5 Å². The summed E-state index contributed by atoms with van der Waals surface area (Å²) in [6, 6.07) is 19.5. The minimum absolute atomic E-state index is 0.359. The van der Waals surface area contributed by atoms with Gasteiger partial charge in [-0.2, -0.15) is 8.42 Å². The van der Waals surface area contributed by atoms with Crippen LogP contribution in [0.2, 0.25) is 0 Å². The molecule has 138 valence electrons. The lowest BCUT2D eigenvalue weighted by Crippen LogP contribution is -2.19. The number of rotatable bonds is 9. The first-order valence-electron chi connectivity index (χ1n) is 8.76. The molecule has 0 aliphatic heterocycles. The molecule has 0 saturated heterocycles. The second kappa shape index (κ2) is 8.86. The Kier molecular flexibility index (Phi) is 6.53. The van der Waals surface area contributed by atoms with E-state index in [1.54, 1.807) is 0 Å². The van der Waals surface area contributed by atoms with E-state index in [4.69, 9.17) is 4.55 Å². The van der Waals surface area contributed by atoms with Gasteiger partial charge in [0.1, 0.15) is 0 Å². The molecule has 0 bridgehead atoms. The monoisotopic (exact) mass is 389 g/mol. The van der Waals surface area contributed by atoms with Crippen LogP contribution in [0.5, 0.6) is 0 Å². The lowest BCUT2D eigenvalue weighted by molar-refractivity contribution is 0.503. The molecule has 2 N–H and O–H groups in total. The molecule has 26 heavy (non-hydrogen) atoms. The fraction of sp³-hybridized carbons (Fsp3) is 0.300. The molecule has 0 atom stereocenters. The van der Waals surface area contributed by atoms with E-state index in [0.717, 1.165) is 25.8 Å². The van der Waals surface area contributed by atoms with E-state index in [1.165, 1.54) is 27.1 Å². The highest BCUT2D eigenvalue weighted by Gasteiger charge is 2.04. The van der Waals surface area contributed by atoms with E-state index >= 15 is 0 Å². The normalized spacial score (nSPS) is 12.0. The number of nitrogens with one attached hydrogen (secondary N) is 1. The first-order valence-corrected chi connectivity index (χ1v) is 11.7. The standard InChI is InChI=1S/C20H23NO3S2/c22-26(23,24)25-14-13-21-12-4-3-5-16-8-11-20-18(15-16)10-9-17-6-1-2-7-19(17)20/h1-2,6-11,15,21H,3-5,12-14H2,(H,22,23,24). The van der Waals surface area contributed by atoms with Gasteiger partial charge in [0.25, 0.3) is 0 Å². The van der Waals surface area contributed by atoms with Gasteiger partial charge >= 0.3 is 9.15 Å². The Bertz CT molecular complexity index is 987. The fourth-order valence-corrected chi connectivity index (χ4v) is 4.46. The number of unbranched alkanes of at least 4 members (excludes halogenated alkanes) is 1. The first-order chi connectivity index (χ1) is 12.5. The molecule has 0 heterocycles. The highest BCUT2D eigenvalue weighted by atomic mass is 33.1. The molecular weight excluding hydrogens is 366 g/mol. The Hall–Kier alpha value is -1.60. The predicted octanol–water partition coefficient (Wildman–Crippen LogP) is 4.44. The Balaban J connectivity index is 1.47. The van der Waals surface area contributed by atoms with Crippen molar-refractivity contribution in [2.24, 2.45) is 0 Å². The van der Waals surface area contributed by atoms with Gasteiger partial charge in [0.2, 0.25) is 0 Å². The molecule has 0 fully saturated rings. The Morgan fingerprint density at radius 1 is 0.885 bits per heavy atom. The van der Waals surface area contributed by atoms with Crippen molar-refractivity contribution in [1.82, 2.24) is 5.32 Å². The molecule has 0 saturated carbocycles. The minimum atomic E-state index is -3.91. The average molecular weight is 390 g/mol. The van der Waals surface area contributed by atoms with Gasteiger partial charge in [-0.3, -0.25) is 4.55 Å². The lowest BCUT2D eigenvalue weighted by atomic mass is 9.98. The van der Waals surface area contributed by atoms with Gasteiger partial charge in [-0.1, -0.05) is 54.6 Å². The topological polar surface area (TPSA) is 66.4 Å². The molecule has 0 aromatic heterocycles. The van der Waals surface area contributed by atoms with Crippen molar-refractivity contribution in [2.45, 2.75) is 19.3 Å². The van der Waals surface area contributed by atoms with Crippen molar-refractivity contribution in [3.05, 3.63) is 60.2 Å². The van der Waals surface area contributed by atoms with Gasteiger partial charge in [-0.15, -0.1) is 0 Å². The molecule has 0 unspecified atom stereocenters. The number of hydrogen-bond donors (Lipinski definition) is 2. The van der Waals surface area contributed by atoms with Crippen LogP contribution in [0.15, 0.2) is 54.6 Å². The van der Waals surface area contributed by atoms with Crippen LogP contribution in [0.25, 0.3) is 21.5 Å². The molecule has 3 rings (SSSR count). The molecular formula is C20H23NO3S2. The van der Waals surface area contributed by atoms with Crippen molar-refractivity contribution in [2.75, 3.05) is 18.8 Å². The van der Waals surface area contributed by atoms with Crippen LogP contribution in [0.4, 0.5) is 0 Å². The fourth-order valence-electron chi connectivity index (χ4n) is 3.14. The number of benzene rings is 3. The minimum Gasteiger partial charge on any atom is -0.316 e. The predicted molar refractivity (Wildman–Crippen MR) is 111 cm³/mol. The van der Waals surface area contributed by atoms with Gasteiger partial charge in [0.15, 0.2) is 0 Å². The van der Waals surface area contributed by atoms with E-state index in [0.29, 0.717) is 23.1 Å². The number of hydrogen-bond acceptors (Lipinski definition) is 4. The third kappa shape index (κ3) is 5.45. The van der Waals surface area contributed by atoms with Gasteiger partial charge < -0.3 is 5.32 Å². The van der Waals surface area contributed by atoms with Crippen molar-refractivity contribution in [3.8, 4) is 0 Å². The summed E-state index contributed by atoms with van der Waals surface area (Å²) in [6.07, 6.45) is 3.15. The molecule has 0 aliphatic carbocycles. The van der Waals surface area contributed by atoms with E-state index in [-0.39, 0.29) is 0 Å². The summed E-state index contributed by atoms with van der Waals surface area (Å²) in [7, 11) is -3.35. The summed E-state index contributed by atoms with van der Waals surface area (Å²) in [6.45, 7) is 1.43. The van der Waals surface area contributed by atoms with E-state index < -0.39 is 9.15 Å². The summed E-state index contributed by atoms with van der Waals surface area (Å²) >= 11 is 0. The maximum absolute atomic E-state index is 10.6. The zero-order valence-electron chi connectivity index (χ0n) is 14.5. The molecule has 0 amide bonds. The van der Waals surface area contributed by atoms with Gasteiger partial charge in [0, 0.05) is 12.3 Å². The smallest absolute Gasteiger partial charge is 0.316 e. The Morgan fingerprint density at radius 2 is 1.65 bits per heavy atom. The van der Waals surface area contributed by atoms with Crippen LogP contribution in [0, 0.1) is 0 Å². The van der Waals surface area contributed by atoms with Crippen molar-refractivity contribution in [3.63, 3.8) is 0 Å². The zero-order valence-corrected chi connectivity index (χ0v) is 16.2.